The molecule has 2 unspecified atom stereocenters. The van der Waals surface area contributed by atoms with Crippen molar-refractivity contribution in [3.05, 3.63) is 59.7 Å². The Morgan fingerprint density at radius 1 is 1.15 bits per heavy atom. The lowest BCUT2D eigenvalue weighted by Crippen LogP contribution is -2.34. The number of nitrogens with zero attached hydrogens (tertiary/aromatic N) is 1. The topological polar surface area (TPSA) is 85.0 Å². The molecule has 0 bridgehead atoms. The molecule has 2 atom stereocenters. The van der Waals surface area contributed by atoms with Gasteiger partial charge in [0.15, 0.2) is 0 Å². The molecule has 2 amide bonds. The number of hydrogen-bond donors (Lipinski definition) is 2. The predicted octanol–water partition coefficient (Wildman–Crippen LogP) is 3.19. The summed E-state index contributed by atoms with van der Waals surface area (Å²) in [5, 5.41) is 9.98. The van der Waals surface area contributed by atoms with Crippen LogP contribution in [0.1, 0.15) is 23.5 Å². The van der Waals surface area contributed by atoms with Gasteiger partial charge in [0.25, 0.3) is 0 Å². The number of rotatable bonds is 8. The van der Waals surface area contributed by atoms with Crippen molar-refractivity contribution in [3.8, 4) is 11.5 Å². The molecule has 1 saturated carbocycles. The molecule has 138 valence electrons. The van der Waals surface area contributed by atoms with Crippen molar-refractivity contribution in [3.63, 3.8) is 0 Å². The highest BCUT2D eigenvalue weighted by Gasteiger charge is 2.39. The lowest BCUT2D eigenvalue weighted by molar-refractivity contribution is -0.0431. The fourth-order valence-electron chi connectivity index (χ4n) is 3.06. The first-order chi connectivity index (χ1) is 12.6. The molecule has 1 aliphatic carbocycles. The second-order valence-corrected chi connectivity index (χ2v) is 6.54. The number of amides is 2. The maximum Gasteiger partial charge on any atom is 0.338 e. The van der Waals surface area contributed by atoms with Crippen LogP contribution in [0.3, 0.4) is 0 Å². The van der Waals surface area contributed by atoms with Crippen LogP contribution in [0.4, 0.5) is 4.79 Å². The van der Waals surface area contributed by atoms with Gasteiger partial charge in [0.1, 0.15) is 11.5 Å². The Morgan fingerprint density at radius 3 is 2.42 bits per heavy atom. The van der Waals surface area contributed by atoms with Crippen molar-refractivity contribution in [1.82, 2.24) is 5.06 Å². The van der Waals surface area contributed by atoms with Crippen LogP contribution >= 0.6 is 0 Å². The Labute approximate surface area is 153 Å². The summed E-state index contributed by atoms with van der Waals surface area (Å²) >= 11 is 0. The van der Waals surface area contributed by atoms with Gasteiger partial charge in [-0.2, -0.15) is 0 Å². The van der Waals surface area contributed by atoms with Gasteiger partial charge >= 0.3 is 6.03 Å². The molecule has 1 fully saturated rings. The highest BCUT2D eigenvalue weighted by Crippen LogP contribution is 2.47. The van der Waals surface area contributed by atoms with Crippen LogP contribution in [-0.2, 0) is 6.42 Å². The highest BCUT2D eigenvalue weighted by molar-refractivity contribution is 5.70. The normalized spacial score (nSPS) is 18.2. The zero-order chi connectivity index (χ0) is 18.5. The molecular formula is C20H24N2O4. The number of methoxy groups -OCH3 is 1. The fourth-order valence-corrected chi connectivity index (χ4v) is 3.06. The third-order valence-electron chi connectivity index (χ3n) is 4.71. The molecule has 6 nitrogen and oxygen atoms in total. The van der Waals surface area contributed by atoms with Gasteiger partial charge in [0.05, 0.1) is 20.3 Å². The van der Waals surface area contributed by atoms with Crippen molar-refractivity contribution in [1.29, 1.82) is 0 Å². The molecule has 26 heavy (non-hydrogen) atoms. The van der Waals surface area contributed by atoms with E-state index in [1.807, 2.05) is 48.5 Å². The van der Waals surface area contributed by atoms with Crippen LogP contribution in [0.25, 0.3) is 0 Å². The second kappa shape index (κ2) is 8.10. The third kappa shape index (κ3) is 4.67. The number of hydroxylamine groups is 2. The van der Waals surface area contributed by atoms with Crippen molar-refractivity contribution >= 4 is 6.03 Å². The summed E-state index contributed by atoms with van der Waals surface area (Å²) in [5.41, 5.74) is 7.42. The first-order valence-corrected chi connectivity index (χ1v) is 8.68. The van der Waals surface area contributed by atoms with Crippen LogP contribution in [0, 0.1) is 5.92 Å². The minimum Gasteiger partial charge on any atom is -0.497 e. The van der Waals surface area contributed by atoms with Crippen molar-refractivity contribution < 1.29 is 19.5 Å². The average molecular weight is 356 g/mol. The summed E-state index contributed by atoms with van der Waals surface area (Å²) in [7, 11) is 1.66. The van der Waals surface area contributed by atoms with E-state index in [0.717, 1.165) is 24.3 Å². The Kier molecular flexibility index (Phi) is 5.63. The van der Waals surface area contributed by atoms with Gasteiger partial charge in [-0.3, -0.25) is 5.21 Å². The summed E-state index contributed by atoms with van der Waals surface area (Å²) in [6.07, 6.45) is 1.78. The summed E-state index contributed by atoms with van der Waals surface area (Å²) in [6, 6.07) is 15.2. The number of carbonyl (C=O) groups excluding carboxylic acids is 1. The van der Waals surface area contributed by atoms with Crippen LogP contribution in [0.2, 0.25) is 0 Å². The molecule has 3 N–H and O–H groups in total. The average Bonchev–Trinajstić information content (AvgIpc) is 3.42. The largest absolute Gasteiger partial charge is 0.497 e. The quantitative estimate of drug-likeness (QED) is 0.562. The van der Waals surface area contributed by atoms with E-state index in [-0.39, 0.29) is 12.5 Å². The number of hydrogen-bond acceptors (Lipinski definition) is 4. The lowest BCUT2D eigenvalue weighted by atomic mass is 10.1. The third-order valence-corrected chi connectivity index (χ3v) is 4.71. The second-order valence-electron chi connectivity index (χ2n) is 6.54. The van der Waals surface area contributed by atoms with Gasteiger partial charge in [-0.15, -0.1) is 0 Å². The zero-order valence-electron chi connectivity index (χ0n) is 14.8. The van der Waals surface area contributed by atoms with Gasteiger partial charge in [-0.25, -0.2) is 9.86 Å². The van der Waals surface area contributed by atoms with Gasteiger partial charge in [-0.1, -0.05) is 24.3 Å². The Hall–Kier alpha value is -2.73. The van der Waals surface area contributed by atoms with Crippen molar-refractivity contribution in [2.24, 2.45) is 11.7 Å². The molecule has 2 aromatic carbocycles. The van der Waals surface area contributed by atoms with Gasteiger partial charge in [0, 0.05) is 6.42 Å². The number of benzene rings is 2. The van der Waals surface area contributed by atoms with Crippen LogP contribution in [0.15, 0.2) is 48.5 Å². The first kappa shape index (κ1) is 18.1. The molecule has 0 saturated heterocycles. The summed E-state index contributed by atoms with van der Waals surface area (Å²) in [4.78, 5) is 10.9. The van der Waals surface area contributed by atoms with Crippen molar-refractivity contribution in [2.45, 2.75) is 18.8 Å². The maximum absolute atomic E-state index is 10.9. The smallest absolute Gasteiger partial charge is 0.338 e. The predicted molar refractivity (Wildman–Crippen MR) is 97.6 cm³/mol. The molecule has 0 spiro atoms. The number of ether oxygens (including phenoxy) is 2. The summed E-state index contributed by atoms with van der Waals surface area (Å²) in [5.74, 6) is 2.30. The van der Waals surface area contributed by atoms with Crippen LogP contribution in [-0.4, -0.2) is 36.6 Å². The van der Waals surface area contributed by atoms with E-state index < -0.39 is 6.03 Å². The standard InChI is InChI=1S/C20H24N2O4/c1-25-17-6-2-14(3-7-17)10-11-26-18-8-4-15(5-9-18)19-12-16(19)13-22(24)20(21)23/h2-9,16,19,24H,10-13H2,1H3,(H2,21,23). The van der Waals surface area contributed by atoms with Crippen LogP contribution < -0.4 is 15.2 Å². The summed E-state index contributed by atoms with van der Waals surface area (Å²) in [6.45, 7) is 0.885. The maximum atomic E-state index is 10.9. The minimum absolute atomic E-state index is 0.259. The number of nitrogens with two attached hydrogens (primary N) is 1. The first-order valence-electron chi connectivity index (χ1n) is 8.68. The lowest BCUT2D eigenvalue weighted by Gasteiger charge is -2.11. The molecule has 6 heteroatoms. The molecule has 0 aromatic heterocycles. The Balaban J connectivity index is 1.44. The fraction of sp³-hybridized carbons (Fsp3) is 0.350. The van der Waals surface area contributed by atoms with E-state index in [1.165, 1.54) is 11.1 Å². The molecule has 2 aromatic rings. The van der Waals surface area contributed by atoms with Gasteiger partial charge < -0.3 is 15.2 Å². The highest BCUT2D eigenvalue weighted by atomic mass is 16.5. The molecule has 0 aliphatic heterocycles. The van der Waals surface area contributed by atoms with Crippen LogP contribution in [0.5, 0.6) is 11.5 Å². The molecule has 1 aliphatic rings. The van der Waals surface area contributed by atoms with Gasteiger partial charge in [-0.05, 0) is 53.6 Å². The molecule has 0 radical (unpaired) electrons. The Morgan fingerprint density at radius 2 is 1.81 bits per heavy atom. The number of primary amides is 1. The van der Waals surface area contributed by atoms with Gasteiger partial charge in [0.2, 0.25) is 0 Å². The molecule has 0 heterocycles. The number of carbonyl (C=O) groups is 1. The number of urea groups is 1. The monoisotopic (exact) mass is 356 g/mol. The van der Waals surface area contributed by atoms with E-state index in [1.54, 1.807) is 7.11 Å². The minimum atomic E-state index is -0.809. The van der Waals surface area contributed by atoms with E-state index in [4.69, 9.17) is 15.2 Å². The SMILES string of the molecule is COc1ccc(CCOc2ccc(C3CC3CN(O)C(N)=O)cc2)cc1. The van der Waals surface area contributed by atoms with E-state index in [0.29, 0.717) is 17.6 Å². The van der Waals surface area contributed by atoms with E-state index in [2.05, 4.69) is 0 Å². The van der Waals surface area contributed by atoms with Crippen molar-refractivity contribution in [2.75, 3.05) is 20.3 Å². The van der Waals surface area contributed by atoms with E-state index in [9.17, 15) is 10.0 Å². The summed E-state index contributed by atoms with van der Waals surface area (Å²) < 4.78 is 11.0. The molecular weight excluding hydrogens is 332 g/mol. The Bertz CT molecular complexity index is 730. The molecule has 3 rings (SSSR count). The van der Waals surface area contributed by atoms with E-state index >= 15 is 0 Å². The zero-order valence-corrected chi connectivity index (χ0v) is 14.8.